The predicted octanol–water partition coefficient (Wildman–Crippen LogP) is 3.59. The van der Waals surface area contributed by atoms with Crippen LogP contribution in [0.4, 0.5) is 8.78 Å². The molecule has 5 heteroatoms. The summed E-state index contributed by atoms with van der Waals surface area (Å²) >= 11 is 6.06. The first kappa shape index (κ1) is 13.2. The number of alkyl halides is 2. The summed E-state index contributed by atoms with van der Waals surface area (Å²) < 4.78 is 24.5. The van der Waals surface area contributed by atoms with Crippen molar-refractivity contribution in [3.63, 3.8) is 0 Å². The van der Waals surface area contributed by atoms with Crippen molar-refractivity contribution < 1.29 is 8.78 Å². The van der Waals surface area contributed by atoms with E-state index < -0.39 is 6.43 Å². The summed E-state index contributed by atoms with van der Waals surface area (Å²) in [5, 5.41) is 1.33. The van der Waals surface area contributed by atoms with Crippen LogP contribution in [0.25, 0.3) is 10.9 Å². The van der Waals surface area contributed by atoms with Gasteiger partial charge in [0.1, 0.15) is 5.15 Å². The first-order valence-corrected chi connectivity index (χ1v) is 5.95. The third-order valence-electron chi connectivity index (χ3n) is 2.64. The van der Waals surface area contributed by atoms with Crippen LogP contribution >= 0.6 is 11.6 Å². The van der Waals surface area contributed by atoms with E-state index >= 15 is 0 Å². The van der Waals surface area contributed by atoms with Crippen molar-refractivity contribution >= 4 is 22.5 Å². The van der Waals surface area contributed by atoms with E-state index in [1.165, 1.54) is 4.90 Å². The van der Waals surface area contributed by atoms with E-state index in [1.54, 1.807) is 7.05 Å². The minimum Gasteiger partial charge on any atom is -0.296 e. The lowest BCUT2D eigenvalue weighted by Gasteiger charge is -2.16. The van der Waals surface area contributed by atoms with Crippen molar-refractivity contribution in [2.75, 3.05) is 13.6 Å². The molecule has 0 bridgehead atoms. The van der Waals surface area contributed by atoms with Crippen LogP contribution in [0.2, 0.25) is 5.15 Å². The zero-order valence-corrected chi connectivity index (χ0v) is 10.7. The van der Waals surface area contributed by atoms with Crippen molar-refractivity contribution in [1.82, 2.24) is 9.88 Å². The maximum absolute atomic E-state index is 12.3. The van der Waals surface area contributed by atoms with Gasteiger partial charge in [0.15, 0.2) is 0 Å². The Labute approximate surface area is 109 Å². The van der Waals surface area contributed by atoms with Gasteiger partial charge < -0.3 is 0 Å². The van der Waals surface area contributed by atoms with Gasteiger partial charge in [-0.2, -0.15) is 0 Å². The van der Waals surface area contributed by atoms with E-state index in [4.69, 9.17) is 11.6 Å². The summed E-state index contributed by atoms with van der Waals surface area (Å²) in [4.78, 5) is 5.79. The number of nitrogens with zero attached hydrogens (tertiary/aromatic N) is 2. The average molecular weight is 271 g/mol. The minimum atomic E-state index is -2.35. The van der Waals surface area contributed by atoms with E-state index in [0.29, 0.717) is 11.7 Å². The second-order valence-electron chi connectivity index (χ2n) is 4.22. The molecule has 2 nitrogen and oxygen atoms in total. The van der Waals surface area contributed by atoms with E-state index in [2.05, 4.69) is 4.98 Å². The Kier molecular flexibility index (Phi) is 4.09. The first-order valence-electron chi connectivity index (χ1n) is 5.57. The maximum atomic E-state index is 12.3. The van der Waals surface area contributed by atoms with Gasteiger partial charge in [0.25, 0.3) is 6.43 Å². The summed E-state index contributed by atoms with van der Waals surface area (Å²) in [6, 6.07) is 9.48. The zero-order chi connectivity index (χ0) is 13.1. The fourth-order valence-electron chi connectivity index (χ4n) is 1.84. The van der Waals surface area contributed by atoms with Crippen molar-refractivity contribution in [2.45, 2.75) is 13.0 Å². The molecular weight excluding hydrogens is 258 g/mol. The Balaban J connectivity index is 2.25. The van der Waals surface area contributed by atoms with Crippen molar-refractivity contribution in [3.8, 4) is 0 Å². The molecule has 0 N–H and O–H groups in total. The highest BCUT2D eigenvalue weighted by molar-refractivity contribution is 6.30. The number of pyridine rings is 1. The number of halogens is 3. The molecule has 0 fully saturated rings. The lowest BCUT2D eigenvalue weighted by atomic mass is 10.1. The van der Waals surface area contributed by atoms with E-state index in [9.17, 15) is 8.78 Å². The lowest BCUT2D eigenvalue weighted by Crippen LogP contribution is -2.24. The molecule has 0 atom stereocenters. The summed E-state index contributed by atoms with van der Waals surface area (Å²) in [7, 11) is 1.64. The topological polar surface area (TPSA) is 16.1 Å². The molecule has 96 valence electrons. The molecule has 18 heavy (non-hydrogen) atoms. The van der Waals surface area contributed by atoms with Gasteiger partial charge in [0.2, 0.25) is 0 Å². The maximum Gasteiger partial charge on any atom is 0.251 e. The zero-order valence-electron chi connectivity index (χ0n) is 9.91. The highest BCUT2D eigenvalue weighted by atomic mass is 35.5. The first-order chi connectivity index (χ1) is 8.56. The molecule has 2 aromatic rings. The molecule has 0 unspecified atom stereocenters. The summed E-state index contributed by atoms with van der Waals surface area (Å²) in [6.45, 7) is 0.0875. The van der Waals surface area contributed by atoms with Crippen LogP contribution in [0, 0.1) is 0 Å². The van der Waals surface area contributed by atoms with Gasteiger partial charge in [-0.25, -0.2) is 13.8 Å². The molecule has 0 aliphatic rings. The predicted molar refractivity (Wildman–Crippen MR) is 69.1 cm³/mol. The standard InChI is InChI=1S/C13H13ClF2N2/c1-18(8-12(15)16)7-10-6-9-4-2-3-5-11(9)17-13(10)14/h2-6,12H,7-8H2,1H3. The fraction of sp³-hybridized carbons (Fsp3) is 0.308. The Hall–Kier alpha value is -1.26. The number of aromatic nitrogens is 1. The smallest absolute Gasteiger partial charge is 0.251 e. The third-order valence-corrected chi connectivity index (χ3v) is 2.97. The second kappa shape index (κ2) is 5.59. The van der Waals surface area contributed by atoms with Gasteiger partial charge in [0, 0.05) is 17.5 Å². The molecule has 0 saturated heterocycles. The monoisotopic (exact) mass is 270 g/mol. The molecule has 2 rings (SSSR count). The average Bonchev–Trinajstić information content (AvgIpc) is 2.29. The minimum absolute atomic E-state index is 0.275. The Bertz CT molecular complexity index is 546. The van der Waals surface area contributed by atoms with Gasteiger partial charge in [-0.15, -0.1) is 0 Å². The molecule has 1 aromatic carbocycles. The van der Waals surface area contributed by atoms with Crippen LogP contribution in [-0.4, -0.2) is 29.9 Å². The number of hydrogen-bond donors (Lipinski definition) is 0. The van der Waals surface area contributed by atoms with Gasteiger partial charge in [-0.05, 0) is 19.2 Å². The summed E-state index contributed by atoms with van der Waals surface area (Å²) in [6.07, 6.45) is -2.35. The lowest BCUT2D eigenvalue weighted by molar-refractivity contribution is 0.0975. The molecule has 1 heterocycles. The molecule has 0 amide bonds. The Morgan fingerprint density at radius 3 is 2.78 bits per heavy atom. The highest BCUT2D eigenvalue weighted by Gasteiger charge is 2.11. The van der Waals surface area contributed by atoms with Crippen LogP contribution in [0.15, 0.2) is 30.3 Å². The molecular formula is C13H13ClF2N2. The van der Waals surface area contributed by atoms with Crippen molar-refractivity contribution in [3.05, 3.63) is 41.0 Å². The number of para-hydroxylation sites is 1. The highest BCUT2D eigenvalue weighted by Crippen LogP contribution is 2.21. The molecule has 0 aliphatic heterocycles. The Morgan fingerprint density at radius 2 is 2.06 bits per heavy atom. The summed E-state index contributed by atoms with van der Waals surface area (Å²) in [5.41, 5.74) is 1.57. The van der Waals surface area contributed by atoms with E-state index in [-0.39, 0.29) is 6.54 Å². The van der Waals surface area contributed by atoms with Crippen LogP contribution in [0.1, 0.15) is 5.56 Å². The Morgan fingerprint density at radius 1 is 1.33 bits per heavy atom. The van der Waals surface area contributed by atoms with Crippen LogP contribution < -0.4 is 0 Å². The van der Waals surface area contributed by atoms with Gasteiger partial charge in [-0.1, -0.05) is 29.8 Å². The van der Waals surface area contributed by atoms with Crippen LogP contribution in [0.5, 0.6) is 0 Å². The molecule has 0 radical (unpaired) electrons. The molecule has 1 aromatic heterocycles. The number of hydrogen-bond acceptors (Lipinski definition) is 2. The van der Waals surface area contributed by atoms with E-state index in [1.807, 2.05) is 30.3 Å². The van der Waals surface area contributed by atoms with E-state index in [0.717, 1.165) is 16.5 Å². The van der Waals surface area contributed by atoms with Gasteiger partial charge in [0.05, 0.1) is 12.1 Å². The SMILES string of the molecule is CN(Cc1cc2ccccc2nc1Cl)CC(F)F. The molecule has 0 spiro atoms. The summed E-state index contributed by atoms with van der Waals surface area (Å²) in [5.74, 6) is 0. The third kappa shape index (κ3) is 3.15. The van der Waals surface area contributed by atoms with Crippen LogP contribution in [-0.2, 0) is 6.54 Å². The van der Waals surface area contributed by atoms with Crippen LogP contribution in [0.3, 0.4) is 0 Å². The quantitative estimate of drug-likeness (QED) is 0.790. The second-order valence-corrected chi connectivity index (χ2v) is 4.58. The fourth-order valence-corrected chi connectivity index (χ4v) is 2.04. The van der Waals surface area contributed by atoms with Gasteiger partial charge in [-0.3, -0.25) is 4.90 Å². The van der Waals surface area contributed by atoms with Crippen molar-refractivity contribution in [2.24, 2.45) is 0 Å². The normalized spacial score (nSPS) is 11.7. The number of benzene rings is 1. The number of rotatable bonds is 4. The molecule has 0 saturated carbocycles. The van der Waals surface area contributed by atoms with Crippen molar-refractivity contribution in [1.29, 1.82) is 0 Å². The number of fused-ring (bicyclic) bond motifs is 1. The largest absolute Gasteiger partial charge is 0.296 e. The van der Waals surface area contributed by atoms with Gasteiger partial charge >= 0.3 is 0 Å². The molecule has 0 aliphatic carbocycles.